The number of hydrogen-bond donors (Lipinski definition) is 0. The van der Waals surface area contributed by atoms with Crippen LogP contribution in [-0.4, -0.2) is 19.6 Å². The van der Waals surface area contributed by atoms with Gasteiger partial charge < -0.3 is 0 Å². The summed E-state index contributed by atoms with van der Waals surface area (Å²) in [7, 11) is 0. The first kappa shape index (κ1) is 9.68. The van der Waals surface area contributed by atoms with Gasteiger partial charge >= 0.3 is 0 Å². The molecule has 0 radical (unpaired) electrons. The second kappa shape index (κ2) is 3.37. The largest absolute Gasteiger partial charge is 0.254 e. The van der Waals surface area contributed by atoms with Crippen molar-refractivity contribution in [1.29, 1.82) is 0 Å². The first-order valence-electron chi connectivity index (χ1n) is 4.16. The fraction of sp³-hybridized carbons (Fsp3) is 0.375. The molecule has 0 fully saturated rings. The predicted octanol–water partition coefficient (Wildman–Crippen LogP) is 2.55. The normalized spacial score (nSPS) is 11.5. The molecule has 14 heavy (non-hydrogen) atoms. The van der Waals surface area contributed by atoms with Crippen LogP contribution in [0.5, 0.6) is 0 Å². The Morgan fingerprint density at radius 1 is 1.36 bits per heavy atom. The number of hydrogen-bond acceptors (Lipinski definition) is 3. The highest BCUT2D eigenvalue weighted by Gasteiger charge is 2.16. The second-order valence-electron chi connectivity index (χ2n) is 3.23. The zero-order valence-corrected chi connectivity index (χ0v) is 9.21. The number of fused-ring (bicyclic) bond motifs is 1. The Morgan fingerprint density at radius 3 is 2.71 bits per heavy atom. The van der Waals surface area contributed by atoms with E-state index in [9.17, 15) is 0 Å². The maximum atomic E-state index is 6.12. The first-order chi connectivity index (χ1) is 6.61. The summed E-state index contributed by atoms with van der Waals surface area (Å²) in [6.45, 7) is 4.00. The summed E-state index contributed by atoms with van der Waals surface area (Å²) in [6.07, 6.45) is 1.40. The van der Waals surface area contributed by atoms with Gasteiger partial charge in [-0.2, -0.15) is 19.6 Å². The lowest BCUT2D eigenvalue weighted by Crippen LogP contribution is -2.01. The average molecular weight is 231 g/mol. The molecule has 0 unspecified atom stereocenters. The van der Waals surface area contributed by atoms with Gasteiger partial charge in [-0.3, -0.25) is 0 Å². The van der Waals surface area contributed by atoms with Gasteiger partial charge in [0.2, 0.25) is 0 Å². The number of aromatic nitrogens is 4. The molecule has 0 amide bonds. The summed E-state index contributed by atoms with van der Waals surface area (Å²) < 4.78 is 1.47. The van der Waals surface area contributed by atoms with Crippen molar-refractivity contribution < 1.29 is 0 Å². The van der Waals surface area contributed by atoms with Crippen molar-refractivity contribution in [3.8, 4) is 0 Å². The standard InChI is InChI=1S/C8H8Cl2N4/c1-4(2)5-6(9)13-8-11-3-12-14(8)7(5)10/h3-4H,1-2H3. The Bertz CT molecular complexity index is 477. The summed E-state index contributed by atoms with van der Waals surface area (Å²) in [4.78, 5) is 8.00. The van der Waals surface area contributed by atoms with E-state index in [-0.39, 0.29) is 5.92 Å². The molecule has 74 valence electrons. The molecule has 0 bridgehead atoms. The maximum Gasteiger partial charge on any atom is 0.254 e. The van der Waals surface area contributed by atoms with Gasteiger partial charge in [0.05, 0.1) is 0 Å². The molecule has 0 aliphatic heterocycles. The minimum Gasteiger partial charge on any atom is -0.199 e. The van der Waals surface area contributed by atoms with Crippen molar-refractivity contribution in [1.82, 2.24) is 19.6 Å². The third kappa shape index (κ3) is 1.35. The van der Waals surface area contributed by atoms with Crippen molar-refractivity contribution in [2.45, 2.75) is 19.8 Å². The lowest BCUT2D eigenvalue weighted by Gasteiger charge is -2.09. The smallest absolute Gasteiger partial charge is 0.199 e. The predicted molar refractivity (Wildman–Crippen MR) is 54.9 cm³/mol. The number of nitrogens with zero attached hydrogens (tertiary/aromatic N) is 4. The molecule has 0 N–H and O–H groups in total. The zero-order valence-electron chi connectivity index (χ0n) is 7.70. The molecule has 6 heteroatoms. The van der Waals surface area contributed by atoms with E-state index >= 15 is 0 Å². The van der Waals surface area contributed by atoms with Crippen LogP contribution in [0, 0.1) is 0 Å². The van der Waals surface area contributed by atoms with E-state index in [0.717, 1.165) is 5.56 Å². The van der Waals surface area contributed by atoms with Crippen LogP contribution in [0.4, 0.5) is 0 Å². The lowest BCUT2D eigenvalue weighted by atomic mass is 10.1. The monoisotopic (exact) mass is 230 g/mol. The second-order valence-corrected chi connectivity index (χ2v) is 3.95. The fourth-order valence-electron chi connectivity index (χ4n) is 1.27. The number of halogens is 2. The minimum atomic E-state index is 0.205. The van der Waals surface area contributed by atoms with E-state index in [1.807, 2.05) is 13.8 Å². The number of rotatable bonds is 1. The molecule has 2 rings (SSSR count). The quantitative estimate of drug-likeness (QED) is 0.708. The van der Waals surface area contributed by atoms with Crippen LogP contribution in [0.15, 0.2) is 6.33 Å². The summed E-state index contributed by atoms with van der Waals surface area (Å²) in [5.74, 6) is 0.625. The fourth-order valence-corrected chi connectivity index (χ4v) is 2.13. The van der Waals surface area contributed by atoms with Crippen LogP contribution in [0.1, 0.15) is 25.3 Å². The topological polar surface area (TPSA) is 43.1 Å². The summed E-state index contributed by atoms with van der Waals surface area (Å²) in [5, 5.41) is 4.83. The molecule has 0 aliphatic carbocycles. The molecule has 0 saturated heterocycles. The minimum absolute atomic E-state index is 0.205. The Labute approximate surface area is 90.9 Å². The van der Waals surface area contributed by atoms with Crippen molar-refractivity contribution in [2.24, 2.45) is 0 Å². The molecule has 2 heterocycles. The van der Waals surface area contributed by atoms with E-state index < -0.39 is 0 Å². The van der Waals surface area contributed by atoms with Crippen molar-refractivity contribution in [2.75, 3.05) is 0 Å². The molecule has 0 aliphatic rings. The third-order valence-corrected chi connectivity index (χ3v) is 2.59. The van der Waals surface area contributed by atoms with Crippen molar-refractivity contribution in [3.05, 3.63) is 22.2 Å². The van der Waals surface area contributed by atoms with Crippen molar-refractivity contribution >= 4 is 29.0 Å². The molecule has 2 aromatic heterocycles. The zero-order chi connectivity index (χ0) is 10.3. The summed E-state index contributed by atoms with van der Waals surface area (Å²) in [5.41, 5.74) is 0.798. The van der Waals surface area contributed by atoms with Gasteiger partial charge in [-0.05, 0) is 5.92 Å². The van der Waals surface area contributed by atoms with Gasteiger partial charge in [0.1, 0.15) is 16.6 Å². The molecule has 4 nitrogen and oxygen atoms in total. The van der Waals surface area contributed by atoms with Gasteiger partial charge in [-0.15, -0.1) is 0 Å². The molecular weight excluding hydrogens is 223 g/mol. The molecule has 0 atom stereocenters. The third-order valence-electron chi connectivity index (χ3n) is 1.94. The Hall–Kier alpha value is -0.870. The Morgan fingerprint density at radius 2 is 2.07 bits per heavy atom. The molecule has 0 aromatic carbocycles. The highest BCUT2D eigenvalue weighted by atomic mass is 35.5. The van der Waals surface area contributed by atoms with Crippen LogP contribution >= 0.6 is 23.2 Å². The Balaban J connectivity index is 2.82. The van der Waals surface area contributed by atoms with E-state index in [1.54, 1.807) is 0 Å². The van der Waals surface area contributed by atoms with E-state index in [4.69, 9.17) is 23.2 Å². The van der Waals surface area contributed by atoms with E-state index in [2.05, 4.69) is 15.1 Å². The molecular formula is C8H8Cl2N4. The summed E-state index contributed by atoms with van der Waals surface area (Å²) >= 11 is 12.1. The van der Waals surface area contributed by atoms with Crippen LogP contribution in [0.3, 0.4) is 0 Å². The van der Waals surface area contributed by atoms with E-state index in [0.29, 0.717) is 16.1 Å². The van der Waals surface area contributed by atoms with Crippen LogP contribution < -0.4 is 0 Å². The molecule has 2 aromatic rings. The van der Waals surface area contributed by atoms with Crippen LogP contribution in [0.25, 0.3) is 5.78 Å². The maximum absolute atomic E-state index is 6.12. The highest BCUT2D eigenvalue weighted by Crippen LogP contribution is 2.29. The van der Waals surface area contributed by atoms with Gasteiger partial charge in [0.15, 0.2) is 0 Å². The van der Waals surface area contributed by atoms with Gasteiger partial charge in [-0.25, -0.2) is 0 Å². The van der Waals surface area contributed by atoms with Gasteiger partial charge in [0, 0.05) is 5.56 Å². The highest BCUT2D eigenvalue weighted by molar-refractivity contribution is 6.34. The van der Waals surface area contributed by atoms with Gasteiger partial charge in [0.25, 0.3) is 5.78 Å². The molecule has 0 spiro atoms. The van der Waals surface area contributed by atoms with Crippen molar-refractivity contribution in [3.63, 3.8) is 0 Å². The van der Waals surface area contributed by atoms with Crippen LogP contribution in [-0.2, 0) is 0 Å². The lowest BCUT2D eigenvalue weighted by molar-refractivity contribution is 0.822. The Kier molecular flexibility index (Phi) is 2.33. The summed E-state index contributed by atoms with van der Waals surface area (Å²) in [6, 6.07) is 0. The molecule has 0 saturated carbocycles. The van der Waals surface area contributed by atoms with Crippen LogP contribution in [0.2, 0.25) is 10.3 Å². The SMILES string of the molecule is CC(C)c1c(Cl)nc2ncnn2c1Cl. The first-order valence-corrected chi connectivity index (χ1v) is 4.91. The van der Waals surface area contributed by atoms with Gasteiger partial charge in [-0.1, -0.05) is 37.0 Å². The average Bonchev–Trinajstić information content (AvgIpc) is 2.50. The van der Waals surface area contributed by atoms with E-state index in [1.165, 1.54) is 10.8 Å².